The van der Waals surface area contributed by atoms with Crippen LogP contribution in [0.3, 0.4) is 0 Å². The summed E-state index contributed by atoms with van der Waals surface area (Å²) in [5, 5.41) is 11.8. The number of aromatic nitrogens is 1. The van der Waals surface area contributed by atoms with E-state index in [0.29, 0.717) is 22.5 Å². The van der Waals surface area contributed by atoms with Crippen molar-refractivity contribution in [3.63, 3.8) is 0 Å². The molecule has 0 atom stereocenters. The highest BCUT2D eigenvalue weighted by Gasteiger charge is 2.24. The Kier molecular flexibility index (Phi) is 7.34. The number of Topliss-reactive ketones (excluding diaryl/α,β-unsaturated/α-hetero) is 1. The van der Waals surface area contributed by atoms with Gasteiger partial charge in [0.05, 0.1) is 18.8 Å². The van der Waals surface area contributed by atoms with E-state index in [2.05, 4.69) is 10.3 Å². The number of ketones is 1. The van der Waals surface area contributed by atoms with Crippen LogP contribution in [-0.4, -0.2) is 54.2 Å². The second kappa shape index (κ2) is 9.70. The number of esters is 2. The molecule has 1 heterocycles. The summed E-state index contributed by atoms with van der Waals surface area (Å²) in [7, 11) is 0. The number of hydrogen-bond acceptors (Lipinski definition) is 7. The third kappa shape index (κ3) is 4.77. The summed E-state index contributed by atoms with van der Waals surface area (Å²) in [5.74, 6) is -1.62. The molecule has 0 radical (unpaired) electrons. The minimum Gasteiger partial charge on any atom is -0.461 e. The predicted octanol–water partition coefficient (Wildman–Crippen LogP) is 2.25. The molecule has 1 aromatic carbocycles. The van der Waals surface area contributed by atoms with E-state index in [1.165, 1.54) is 0 Å². The summed E-state index contributed by atoms with van der Waals surface area (Å²) < 4.78 is 10.1. The van der Waals surface area contributed by atoms with E-state index >= 15 is 0 Å². The van der Waals surface area contributed by atoms with Gasteiger partial charge in [-0.15, -0.1) is 0 Å². The minimum atomic E-state index is -0.661. The smallest absolute Gasteiger partial charge is 0.355 e. The molecule has 0 aliphatic heterocycles. The number of aryl methyl sites for hydroxylation is 1. The zero-order valence-electron chi connectivity index (χ0n) is 16.1. The summed E-state index contributed by atoms with van der Waals surface area (Å²) in [6.45, 7) is 4.95. The molecule has 0 saturated carbocycles. The van der Waals surface area contributed by atoms with Crippen LogP contribution in [-0.2, 0) is 9.47 Å². The number of carbonyl (C=O) groups excluding carboxylic acids is 3. The molecule has 1 aromatic heterocycles. The fourth-order valence-corrected chi connectivity index (χ4v) is 2.86. The Morgan fingerprint density at radius 3 is 2.50 bits per heavy atom. The first kappa shape index (κ1) is 21.2. The zero-order valence-corrected chi connectivity index (χ0v) is 16.1. The van der Waals surface area contributed by atoms with E-state index in [1.807, 2.05) is 0 Å². The van der Waals surface area contributed by atoms with Gasteiger partial charge in [0, 0.05) is 23.5 Å². The van der Waals surface area contributed by atoms with Crippen molar-refractivity contribution in [3.05, 3.63) is 52.3 Å². The lowest BCUT2D eigenvalue weighted by molar-refractivity contribution is 0.0474. The highest BCUT2D eigenvalue weighted by Crippen LogP contribution is 2.20. The number of aromatic amines is 1. The SMILES string of the molecule is CCOC(=O)c1[nH]c(C)c(C(=O)COC(=O)c2ccccc2NCCO)c1C. The van der Waals surface area contributed by atoms with Crippen LogP contribution in [0.15, 0.2) is 24.3 Å². The Hall–Kier alpha value is -3.13. The molecule has 0 spiro atoms. The van der Waals surface area contributed by atoms with Crippen molar-refractivity contribution in [1.29, 1.82) is 0 Å². The first-order valence-electron chi connectivity index (χ1n) is 8.91. The Balaban J connectivity index is 2.11. The summed E-state index contributed by atoms with van der Waals surface area (Å²) in [6, 6.07) is 6.66. The minimum absolute atomic E-state index is 0.0866. The number of aliphatic hydroxyl groups is 1. The van der Waals surface area contributed by atoms with Crippen molar-refractivity contribution >= 4 is 23.4 Å². The monoisotopic (exact) mass is 388 g/mol. The van der Waals surface area contributed by atoms with E-state index in [9.17, 15) is 14.4 Å². The van der Waals surface area contributed by atoms with Crippen LogP contribution in [0.5, 0.6) is 0 Å². The number of carbonyl (C=O) groups is 3. The number of anilines is 1. The van der Waals surface area contributed by atoms with Crippen molar-refractivity contribution in [3.8, 4) is 0 Å². The maximum atomic E-state index is 12.6. The average molecular weight is 388 g/mol. The van der Waals surface area contributed by atoms with Gasteiger partial charge in [-0.1, -0.05) is 12.1 Å². The lowest BCUT2D eigenvalue weighted by Gasteiger charge is -2.11. The number of H-pyrrole nitrogens is 1. The molecule has 0 bridgehead atoms. The number of hydrogen-bond donors (Lipinski definition) is 3. The van der Waals surface area contributed by atoms with Gasteiger partial charge in [-0.25, -0.2) is 9.59 Å². The van der Waals surface area contributed by atoms with Gasteiger partial charge in [0.25, 0.3) is 0 Å². The maximum Gasteiger partial charge on any atom is 0.355 e. The molecule has 28 heavy (non-hydrogen) atoms. The topological polar surface area (TPSA) is 118 Å². The van der Waals surface area contributed by atoms with Crippen LogP contribution in [0, 0.1) is 13.8 Å². The largest absolute Gasteiger partial charge is 0.461 e. The first-order valence-corrected chi connectivity index (χ1v) is 8.91. The number of rotatable bonds is 9. The second-order valence-electron chi connectivity index (χ2n) is 6.04. The number of nitrogens with one attached hydrogen (secondary N) is 2. The third-order valence-electron chi connectivity index (χ3n) is 4.10. The third-order valence-corrected chi connectivity index (χ3v) is 4.10. The molecule has 0 fully saturated rings. The molecule has 150 valence electrons. The lowest BCUT2D eigenvalue weighted by Crippen LogP contribution is -2.17. The Morgan fingerprint density at radius 2 is 1.82 bits per heavy atom. The van der Waals surface area contributed by atoms with Gasteiger partial charge in [-0.3, -0.25) is 4.79 Å². The normalized spacial score (nSPS) is 10.4. The Labute approximate surface area is 162 Å². The molecule has 0 aliphatic carbocycles. The fraction of sp³-hybridized carbons (Fsp3) is 0.350. The van der Waals surface area contributed by atoms with Gasteiger partial charge >= 0.3 is 11.9 Å². The summed E-state index contributed by atoms with van der Waals surface area (Å²) in [4.78, 5) is 39.8. The van der Waals surface area contributed by atoms with Crippen LogP contribution in [0.4, 0.5) is 5.69 Å². The van der Waals surface area contributed by atoms with Crippen LogP contribution in [0.1, 0.15) is 49.4 Å². The number of benzene rings is 1. The molecule has 0 aliphatic rings. The van der Waals surface area contributed by atoms with Crippen LogP contribution in [0.25, 0.3) is 0 Å². The standard InChI is InChI=1S/C20H24N2O6/c1-4-27-20(26)18-12(2)17(13(3)22-18)16(24)11-28-19(25)14-7-5-6-8-15(14)21-9-10-23/h5-8,21-23H,4,9-11H2,1-3H3. The molecular weight excluding hydrogens is 364 g/mol. The van der Waals surface area contributed by atoms with Crippen molar-refractivity contribution in [2.24, 2.45) is 0 Å². The molecular formula is C20H24N2O6. The van der Waals surface area contributed by atoms with E-state index < -0.39 is 24.3 Å². The highest BCUT2D eigenvalue weighted by molar-refractivity contribution is 6.04. The highest BCUT2D eigenvalue weighted by atomic mass is 16.5. The molecule has 8 heteroatoms. The maximum absolute atomic E-state index is 12.6. The first-order chi connectivity index (χ1) is 13.4. The summed E-state index contributed by atoms with van der Waals surface area (Å²) in [6.07, 6.45) is 0. The number of para-hydroxylation sites is 1. The van der Waals surface area contributed by atoms with E-state index in [-0.39, 0.29) is 31.0 Å². The number of aliphatic hydroxyl groups excluding tert-OH is 1. The Morgan fingerprint density at radius 1 is 1.11 bits per heavy atom. The summed E-state index contributed by atoms with van der Waals surface area (Å²) in [5.41, 5.74) is 2.26. The van der Waals surface area contributed by atoms with E-state index in [4.69, 9.17) is 14.6 Å². The van der Waals surface area contributed by atoms with Crippen LogP contribution < -0.4 is 5.32 Å². The van der Waals surface area contributed by atoms with Gasteiger partial charge in [-0.2, -0.15) is 0 Å². The Bertz CT molecular complexity index is 872. The molecule has 2 aromatic rings. The van der Waals surface area contributed by atoms with Crippen molar-refractivity contribution < 1.29 is 29.0 Å². The second-order valence-corrected chi connectivity index (χ2v) is 6.04. The molecule has 8 nitrogen and oxygen atoms in total. The average Bonchev–Trinajstić information content (AvgIpc) is 2.99. The quantitative estimate of drug-likeness (QED) is 0.445. The zero-order chi connectivity index (χ0) is 20.7. The van der Waals surface area contributed by atoms with Crippen LogP contribution >= 0.6 is 0 Å². The van der Waals surface area contributed by atoms with Gasteiger partial charge in [0.1, 0.15) is 5.69 Å². The van der Waals surface area contributed by atoms with E-state index in [1.54, 1.807) is 45.0 Å². The summed E-state index contributed by atoms with van der Waals surface area (Å²) >= 11 is 0. The van der Waals surface area contributed by atoms with Gasteiger partial charge < -0.3 is 24.9 Å². The van der Waals surface area contributed by atoms with Crippen molar-refractivity contribution in [2.75, 3.05) is 31.7 Å². The van der Waals surface area contributed by atoms with Crippen molar-refractivity contribution in [1.82, 2.24) is 4.98 Å². The van der Waals surface area contributed by atoms with Gasteiger partial charge in [0.15, 0.2) is 6.61 Å². The van der Waals surface area contributed by atoms with Crippen LogP contribution in [0.2, 0.25) is 0 Å². The van der Waals surface area contributed by atoms with Gasteiger partial charge in [-0.05, 0) is 38.5 Å². The fourth-order valence-electron chi connectivity index (χ4n) is 2.86. The lowest BCUT2D eigenvalue weighted by atomic mass is 10.1. The molecule has 0 amide bonds. The van der Waals surface area contributed by atoms with Gasteiger partial charge in [0.2, 0.25) is 5.78 Å². The number of ether oxygens (including phenoxy) is 2. The van der Waals surface area contributed by atoms with E-state index in [0.717, 1.165) is 0 Å². The molecule has 2 rings (SSSR count). The molecule has 0 unspecified atom stereocenters. The molecule has 0 saturated heterocycles. The predicted molar refractivity (Wildman–Crippen MR) is 103 cm³/mol. The molecule has 3 N–H and O–H groups in total. The van der Waals surface area contributed by atoms with Crippen molar-refractivity contribution in [2.45, 2.75) is 20.8 Å².